The third kappa shape index (κ3) is 24.4. The lowest BCUT2D eigenvalue weighted by Gasteiger charge is -2.43. The molecule has 25 nitrogen and oxygen atoms in total. The molecule has 30 heteroatoms. The summed E-state index contributed by atoms with van der Waals surface area (Å²) >= 11 is 24.6. The average Bonchev–Trinajstić information content (AvgIpc) is 0.766. The molecule has 0 aliphatic heterocycles. The minimum Gasteiger partial charge on any atom is -0.480 e. The molecule has 1 unspecified atom stereocenters. The van der Waals surface area contributed by atoms with Crippen LogP contribution in [0.4, 0.5) is 24.0 Å². The first-order valence-electron chi connectivity index (χ1n) is 34.4. The molecule has 0 aromatic heterocycles. The van der Waals surface area contributed by atoms with Crippen molar-refractivity contribution >= 4 is 125 Å². The van der Waals surface area contributed by atoms with Gasteiger partial charge < -0.3 is 43.6 Å². The maximum atomic E-state index is 13.2. The molecule has 3 saturated carbocycles. The largest absolute Gasteiger partial charge is 0.480 e. The number of benzene rings is 3. The summed E-state index contributed by atoms with van der Waals surface area (Å²) in [5.41, 5.74) is -3.12. The molecule has 0 saturated heterocycles. The summed E-state index contributed by atoms with van der Waals surface area (Å²) in [4.78, 5) is 143. The van der Waals surface area contributed by atoms with Gasteiger partial charge in [0.25, 0.3) is 0 Å². The van der Waals surface area contributed by atoms with Crippen molar-refractivity contribution in [3.63, 3.8) is 0 Å². The Morgan fingerprint density at radius 3 is 1.08 bits per heavy atom. The van der Waals surface area contributed by atoms with Gasteiger partial charge in [-0.3, -0.25) is 43.7 Å². The van der Waals surface area contributed by atoms with Crippen LogP contribution < -0.4 is 5.32 Å². The number of aliphatic carboxylic acids is 1. The molecule has 3 aliphatic rings. The fraction of sp³-hybridized carbons (Fsp3) is 0.608. The maximum absolute atomic E-state index is 13.2. The zero-order valence-corrected chi connectivity index (χ0v) is 67.0. The quantitative estimate of drug-likeness (QED) is 0.0433. The number of hydrogen-bond donors (Lipinski definition) is 2. The molecule has 0 radical (unpaired) electrons. The van der Waals surface area contributed by atoms with Crippen molar-refractivity contribution in [3.8, 4) is 0 Å². The topological polar surface area (TPSA) is 301 Å². The molecule has 3 aromatic carbocycles. The predicted molar refractivity (Wildman–Crippen MR) is 398 cm³/mol. The molecule has 3 aliphatic carbocycles. The average molecular weight is 1560 g/mol. The molecule has 5 amide bonds. The van der Waals surface area contributed by atoms with E-state index < -0.39 is 108 Å². The van der Waals surface area contributed by atoms with Crippen LogP contribution in [-0.2, 0) is 78.5 Å². The minimum atomic E-state index is -1.27. The van der Waals surface area contributed by atoms with Crippen molar-refractivity contribution in [1.29, 1.82) is 0 Å². The molecule has 6 rings (SSSR count). The second-order valence-electron chi connectivity index (χ2n) is 28.1. The lowest BCUT2D eigenvalue weighted by molar-refractivity contribution is -0.161. The highest BCUT2D eigenvalue weighted by Crippen LogP contribution is 2.45. The smallest absolute Gasteiger partial charge is 0.413 e. The third-order valence-corrected chi connectivity index (χ3v) is 19.2. The van der Waals surface area contributed by atoms with Crippen molar-refractivity contribution in [2.24, 2.45) is 17.8 Å². The molecule has 104 heavy (non-hydrogen) atoms. The molecule has 3 aromatic rings. The van der Waals surface area contributed by atoms with Gasteiger partial charge in [0.2, 0.25) is 13.6 Å². The van der Waals surface area contributed by atoms with E-state index in [1.54, 1.807) is 136 Å². The number of ketones is 3. The van der Waals surface area contributed by atoms with Crippen LogP contribution in [0, 0.1) is 17.8 Å². The molecular formula is C74H107Cl5N6O19. The van der Waals surface area contributed by atoms with E-state index in [-0.39, 0.29) is 53.6 Å². The number of halogens is 5. The predicted octanol–water partition coefficient (Wildman–Crippen LogP) is 15.3. The Bertz CT molecular complexity index is 3410. The van der Waals surface area contributed by atoms with Gasteiger partial charge in [0, 0.05) is 86.3 Å². The Balaban J connectivity index is 0.000000491. The number of hydrogen-bond acceptors (Lipinski definition) is 19. The zero-order chi connectivity index (χ0) is 78.1. The van der Waals surface area contributed by atoms with Crippen molar-refractivity contribution in [2.45, 2.75) is 212 Å². The Morgan fingerprint density at radius 2 is 0.808 bits per heavy atom. The lowest BCUT2D eigenvalue weighted by Crippen LogP contribution is -2.54. The van der Waals surface area contributed by atoms with Gasteiger partial charge in [-0.2, -0.15) is 0 Å². The third-order valence-electron chi connectivity index (χ3n) is 18.1. The number of likely N-dealkylation sites (N-methyl/N-ethyl adjacent to an activating group) is 6. The van der Waals surface area contributed by atoms with E-state index in [4.69, 9.17) is 84.7 Å². The van der Waals surface area contributed by atoms with Crippen LogP contribution in [0.15, 0.2) is 72.8 Å². The maximum Gasteiger partial charge on any atom is 0.413 e. The molecule has 582 valence electrons. The number of carbonyl (C=O) groups is 11. The van der Waals surface area contributed by atoms with Gasteiger partial charge >= 0.3 is 48.4 Å². The zero-order valence-electron chi connectivity index (χ0n) is 63.2. The lowest BCUT2D eigenvalue weighted by atomic mass is 9.74. The van der Waals surface area contributed by atoms with Crippen LogP contribution in [0.3, 0.4) is 0 Å². The molecular weight excluding hydrogens is 1450 g/mol. The van der Waals surface area contributed by atoms with Crippen molar-refractivity contribution in [3.05, 3.63) is 105 Å². The number of carboxylic acids is 1. The highest BCUT2D eigenvalue weighted by molar-refractivity contribution is 6.32. The van der Waals surface area contributed by atoms with Crippen LogP contribution in [0.25, 0.3) is 0 Å². The fourth-order valence-corrected chi connectivity index (χ4v) is 13.6. The number of alkyl halides is 1. The van der Waals surface area contributed by atoms with E-state index in [0.29, 0.717) is 76.7 Å². The van der Waals surface area contributed by atoms with Crippen LogP contribution in [0.1, 0.15) is 183 Å². The SMILES string of the molecule is CC(C)[C@@H](C(=O)O)N(C)C(=O)OC(C)(C)C.CCC(C)[C@@H](C(=O)OCOC(=O)N(C)[C@]1(c2ccccc2Cl)CCCCC1=O)N(C)C(=O)OC(C)(C)C.CN(C(=O)OCCl)[C@]1(c2ccccc2Cl)CCCCC1=O.CN[C@H](C(=O)OCOC(=O)N(C)[C@]1(c2ccccc2Cl)CCCCC1=O)C(C)C.Cl. The number of esters is 2. The van der Waals surface area contributed by atoms with Gasteiger partial charge in [0.15, 0.2) is 23.4 Å². The molecule has 2 N–H and O–H groups in total. The molecule has 0 spiro atoms. The number of ether oxygens (including phenoxy) is 7. The van der Waals surface area contributed by atoms with Gasteiger partial charge in [-0.15, -0.1) is 12.4 Å². The van der Waals surface area contributed by atoms with Gasteiger partial charge in [0.1, 0.15) is 45.9 Å². The van der Waals surface area contributed by atoms with E-state index in [2.05, 4.69) is 5.32 Å². The Morgan fingerprint density at radius 1 is 0.490 bits per heavy atom. The Labute approximate surface area is 638 Å². The van der Waals surface area contributed by atoms with Crippen molar-refractivity contribution in [2.75, 3.05) is 61.9 Å². The number of rotatable bonds is 21. The van der Waals surface area contributed by atoms with Crippen LogP contribution in [0.5, 0.6) is 0 Å². The summed E-state index contributed by atoms with van der Waals surface area (Å²) in [7, 11) is 9.12. The van der Waals surface area contributed by atoms with Crippen molar-refractivity contribution < 1.29 is 91.0 Å². The van der Waals surface area contributed by atoms with Crippen LogP contribution >= 0.6 is 58.8 Å². The minimum absolute atomic E-state index is 0. The number of nitrogens with one attached hydrogen (secondary N) is 1. The van der Waals surface area contributed by atoms with E-state index >= 15 is 0 Å². The Hall–Kier alpha value is -7.16. The van der Waals surface area contributed by atoms with Gasteiger partial charge in [-0.05, 0) is 142 Å². The normalized spacial score (nSPS) is 19.1. The number of nitrogens with zero attached hydrogens (tertiary/aromatic N) is 5. The first kappa shape index (κ1) is 92.9. The second kappa shape index (κ2) is 42.3. The fourth-order valence-electron chi connectivity index (χ4n) is 12.7. The first-order valence-corrected chi connectivity index (χ1v) is 36.1. The molecule has 0 bridgehead atoms. The summed E-state index contributed by atoms with van der Waals surface area (Å²) in [6.07, 6.45) is 4.26. The summed E-state index contributed by atoms with van der Waals surface area (Å²) in [5, 5.41) is 13.2. The molecule has 3 fully saturated rings. The highest BCUT2D eigenvalue weighted by atomic mass is 35.5. The number of carboxylic acid groups (broad SMARTS) is 1. The van der Waals surface area contributed by atoms with Crippen LogP contribution in [-0.4, -0.2) is 187 Å². The van der Waals surface area contributed by atoms with E-state index in [9.17, 15) is 52.7 Å². The van der Waals surface area contributed by atoms with Gasteiger partial charge in [0.05, 0.1) is 0 Å². The van der Waals surface area contributed by atoms with Crippen molar-refractivity contribution in [1.82, 2.24) is 29.8 Å². The van der Waals surface area contributed by atoms with Gasteiger partial charge in [-0.1, -0.05) is 149 Å². The summed E-state index contributed by atoms with van der Waals surface area (Å²) < 4.78 is 36.1. The number of Topliss-reactive ketones (excluding diaryl/α,β-unsaturated/α-hetero) is 3. The summed E-state index contributed by atoms with van der Waals surface area (Å²) in [5.74, 6) is -2.88. The monoisotopic (exact) mass is 1560 g/mol. The van der Waals surface area contributed by atoms with Gasteiger partial charge in [-0.25, -0.2) is 33.6 Å². The summed E-state index contributed by atoms with van der Waals surface area (Å²) in [6, 6.07) is 18.5. The number of amides is 5. The van der Waals surface area contributed by atoms with E-state index in [1.807, 2.05) is 33.8 Å². The summed E-state index contributed by atoms with van der Waals surface area (Å²) in [6.45, 7) is 20.2. The Kier molecular flexibility index (Phi) is 37.7. The molecule has 0 heterocycles. The van der Waals surface area contributed by atoms with E-state index in [0.717, 1.165) is 43.4 Å². The number of carbonyl (C=O) groups excluding carboxylic acids is 10. The first-order chi connectivity index (χ1) is 48.1. The van der Waals surface area contributed by atoms with Crippen LogP contribution in [0.2, 0.25) is 15.1 Å². The van der Waals surface area contributed by atoms with E-state index in [1.165, 1.54) is 47.8 Å². The highest BCUT2D eigenvalue weighted by Gasteiger charge is 2.52. The standard InChI is InChI=1S/C27H39ClN2O7.C21H29ClN2O5.C15H17Cl2NO3.C11H21NO4.ClH/c1-8-18(2)22(29(6)24(33)37-26(3,4)5)23(32)35-17-36-25(34)30(7)27(16-12-11-15-21(27)31)19-13-9-10-14-20(19)28;1-14(2)18(23-3)19(26)28-13-29-20(27)24(4)21(12-8-7-11-17(21)25)15-9-5-6-10-16(15)22;1-18(14(20)21-10-16)15(9-5-4-8-13(15)19)11-6-2-3-7-12(11)17;1-7(2)8(9(13)14)12(6)10(15)16-11(3,4)5;/h9-10,13-14,18,22H,8,11-12,15-17H2,1-7H3;5-6,9-10,14,18,23H,7-8,11-13H2,1-4H3;2-3,6-7H,4-5,8-10H2,1H3;7-8H,1-6H3,(H,13,14);1H/t18?,22-,27-;18-,21-;15-;8-;/m0000./s1. The second-order valence-corrected chi connectivity index (χ2v) is 29.6. The molecule has 7 atom stereocenters.